The van der Waals surface area contributed by atoms with Crippen molar-refractivity contribution in [3.05, 3.63) is 69.7 Å². The van der Waals surface area contributed by atoms with Gasteiger partial charge in [-0.15, -0.1) is 0 Å². The van der Waals surface area contributed by atoms with E-state index in [1.807, 2.05) is 0 Å². The maximum Gasteiger partial charge on any atom is 0.185 e. The summed E-state index contributed by atoms with van der Waals surface area (Å²) in [6, 6.07) is 11.5. The second-order valence-electron chi connectivity index (χ2n) is 3.92. The van der Waals surface area contributed by atoms with Crippen molar-refractivity contribution in [1.82, 2.24) is 0 Å². The van der Waals surface area contributed by atoms with Gasteiger partial charge in [0.15, 0.2) is 5.78 Å². The van der Waals surface area contributed by atoms with Crippen molar-refractivity contribution in [3.63, 3.8) is 0 Å². The first-order valence-corrected chi connectivity index (χ1v) is 6.28. The van der Waals surface area contributed by atoms with Gasteiger partial charge in [-0.25, -0.2) is 0 Å². The third-order valence-corrected chi connectivity index (χ3v) is 3.05. The average molecular weight is 293 g/mol. The van der Waals surface area contributed by atoms with Gasteiger partial charge in [-0.1, -0.05) is 47.5 Å². The molecule has 0 amide bonds. The molecule has 0 saturated heterocycles. The first-order valence-electron chi connectivity index (χ1n) is 5.53. The Labute approximate surface area is 120 Å². The number of benzene rings is 2. The van der Waals surface area contributed by atoms with Gasteiger partial charge in [-0.3, -0.25) is 4.79 Å². The van der Waals surface area contributed by atoms with E-state index >= 15 is 0 Å². The highest BCUT2D eigenvalue weighted by molar-refractivity contribution is 6.32. The molecule has 0 radical (unpaired) electrons. The molecule has 2 nitrogen and oxygen atoms in total. The third kappa shape index (κ3) is 3.60. The number of carbonyl (C=O) groups is 1. The molecule has 0 aliphatic rings. The summed E-state index contributed by atoms with van der Waals surface area (Å²) in [6.45, 7) is 0. The van der Waals surface area contributed by atoms with Crippen molar-refractivity contribution in [3.8, 4) is 5.75 Å². The molecule has 0 unspecified atom stereocenters. The van der Waals surface area contributed by atoms with Crippen molar-refractivity contribution in [2.75, 3.05) is 0 Å². The molecule has 0 aliphatic heterocycles. The molecule has 2 aromatic carbocycles. The summed E-state index contributed by atoms with van der Waals surface area (Å²) >= 11 is 11.6. The van der Waals surface area contributed by atoms with Crippen LogP contribution in [-0.4, -0.2) is 10.9 Å². The molecular weight excluding hydrogens is 283 g/mol. The summed E-state index contributed by atoms with van der Waals surface area (Å²) in [5.74, 6) is -0.133. The Hall–Kier alpha value is -1.77. The minimum atomic E-state index is -0.147. The minimum Gasteiger partial charge on any atom is -0.506 e. The van der Waals surface area contributed by atoms with E-state index in [0.717, 1.165) is 5.56 Å². The first-order chi connectivity index (χ1) is 9.06. The minimum absolute atomic E-state index is 0.0139. The Morgan fingerprint density at radius 2 is 1.89 bits per heavy atom. The number of hydrogen-bond acceptors (Lipinski definition) is 2. The van der Waals surface area contributed by atoms with E-state index in [9.17, 15) is 9.90 Å². The molecule has 96 valence electrons. The zero-order valence-electron chi connectivity index (χ0n) is 9.81. The molecule has 0 aliphatic carbocycles. The number of aromatic hydroxyl groups is 1. The summed E-state index contributed by atoms with van der Waals surface area (Å²) in [6.07, 6.45) is 3.07. The topological polar surface area (TPSA) is 37.3 Å². The van der Waals surface area contributed by atoms with E-state index in [-0.39, 0.29) is 16.6 Å². The number of phenols is 1. The van der Waals surface area contributed by atoms with Crippen molar-refractivity contribution >= 4 is 35.1 Å². The highest BCUT2D eigenvalue weighted by Gasteiger charge is 2.02. The lowest BCUT2D eigenvalue weighted by atomic mass is 10.1. The largest absolute Gasteiger partial charge is 0.506 e. The maximum atomic E-state index is 11.9. The van der Waals surface area contributed by atoms with Crippen LogP contribution >= 0.6 is 23.2 Å². The zero-order chi connectivity index (χ0) is 13.8. The molecule has 0 fully saturated rings. The van der Waals surface area contributed by atoms with Crippen LogP contribution in [0.4, 0.5) is 0 Å². The van der Waals surface area contributed by atoms with Gasteiger partial charge in [0.1, 0.15) is 5.75 Å². The molecule has 4 heteroatoms. The Kier molecular flexibility index (Phi) is 4.25. The summed E-state index contributed by atoms with van der Waals surface area (Å²) in [5.41, 5.74) is 1.26. The van der Waals surface area contributed by atoms with E-state index in [2.05, 4.69) is 0 Å². The van der Waals surface area contributed by atoms with Crippen molar-refractivity contribution in [2.24, 2.45) is 0 Å². The van der Waals surface area contributed by atoms with Crippen LogP contribution in [0.2, 0.25) is 10.0 Å². The molecule has 0 aromatic heterocycles. The number of allylic oxidation sites excluding steroid dienone is 1. The van der Waals surface area contributed by atoms with Crippen LogP contribution in [0, 0.1) is 0 Å². The molecule has 0 atom stereocenters. The second-order valence-corrected chi connectivity index (χ2v) is 4.76. The van der Waals surface area contributed by atoms with Gasteiger partial charge in [0.2, 0.25) is 0 Å². The van der Waals surface area contributed by atoms with Gasteiger partial charge >= 0.3 is 0 Å². The molecule has 2 rings (SSSR count). The lowest BCUT2D eigenvalue weighted by Gasteiger charge is -1.99. The van der Waals surface area contributed by atoms with Crippen LogP contribution < -0.4 is 0 Å². The number of ketones is 1. The summed E-state index contributed by atoms with van der Waals surface area (Å²) < 4.78 is 0. The molecule has 1 N–H and O–H groups in total. The number of carbonyl (C=O) groups excluding carboxylic acids is 1. The fourth-order valence-corrected chi connectivity index (χ4v) is 1.92. The predicted octanol–water partition coefficient (Wildman–Crippen LogP) is 4.60. The second kappa shape index (κ2) is 5.91. The first kappa shape index (κ1) is 13.7. The number of halogens is 2. The number of phenolic OH excluding ortho intramolecular Hbond substituents is 1. The van der Waals surface area contributed by atoms with Gasteiger partial charge in [-0.2, -0.15) is 0 Å². The Morgan fingerprint density at radius 1 is 1.11 bits per heavy atom. The van der Waals surface area contributed by atoms with Gasteiger partial charge in [0.05, 0.1) is 5.02 Å². The smallest absolute Gasteiger partial charge is 0.185 e. The fourth-order valence-electron chi connectivity index (χ4n) is 1.54. The summed E-state index contributed by atoms with van der Waals surface area (Å²) in [5, 5.41) is 10.1. The maximum absolute atomic E-state index is 11.9. The third-order valence-electron chi connectivity index (χ3n) is 2.51. The monoisotopic (exact) mass is 292 g/mol. The highest BCUT2D eigenvalue weighted by atomic mass is 35.5. The molecule has 2 aromatic rings. The van der Waals surface area contributed by atoms with Crippen LogP contribution in [0.3, 0.4) is 0 Å². The van der Waals surface area contributed by atoms with Gasteiger partial charge in [0, 0.05) is 10.6 Å². The van der Waals surface area contributed by atoms with E-state index < -0.39 is 0 Å². The van der Waals surface area contributed by atoms with Crippen LogP contribution in [-0.2, 0) is 0 Å². The number of rotatable bonds is 3. The van der Waals surface area contributed by atoms with E-state index in [1.165, 1.54) is 12.1 Å². The fraction of sp³-hybridized carbons (Fsp3) is 0. The summed E-state index contributed by atoms with van der Waals surface area (Å²) in [4.78, 5) is 11.9. The number of hydrogen-bond donors (Lipinski definition) is 1. The SMILES string of the molecule is O=C(C=Cc1ccc(O)c(Cl)c1)c1cccc(Cl)c1. The lowest BCUT2D eigenvalue weighted by molar-refractivity contribution is 0.104. The quantitative estimate of drug-likeness (QED) is 0.663. The Morgan fingerprint density at radius 3 is 2.58 bits per heavy atom. The van der Waals surface area contributed by atoms with Crippen LogP contribution in [0.5, 0.6) is 5.75 Å². The van der Waals surface area contributed by atoms with Crippen LogP contribution in [0.15, 0.2) is 48.5 Å². The molecule has 19 heavy (non-hydrogen) atoms. The van der Waals surface area contributed by atoms with Gasteiger partial charge < -0.3 is 5.11 Å². The molecule has 0 saturated carbocycles. The predicted molar refractivity (Wildman–Crippen MR) is 77.9 cm³/mol. The standard InChI is InChI=1S/C15H10Cl2O2/c16-12-3-1-2-11(9-12)14(18)6-4-10-5-7-15(19)13(17)8-10/h1-9,19H. The summed E-state index contributed by atoms with van der Waals surface area (Å²) in [7, 11) is 0. The van der Waals surface area contributed by atoms with E-state index in [0.29, 0.717) is 10.6 Å². The average Bonchev–Trinajstić information content (AvgIpc) is 2.40. The van der Waals surface area contributed by atoms with Crippen LogP contribution in [0.25, 0.3) is 6.08 Å². The van der Waals surface area contributed by atoms with Crippen molar-refractivity contribution in [1.29, 1.82) is 0 Å². The van der Waals surface area contributed by atoms with Gasteiger partial charge in [0.25, 0.3) is 0 Å². The molecule has 0 spiro atoms. The highest BCUT2D eigenvalue weighted by Crippen LogP contribution is 2.24. The van der Waals surface area contributed by atoms with E-state index in [4.69, 9.17) is 23.2 Å². The lowest BCUT2D eigenvalue weighted by Crippen LogP contribution is -1.93. The van der Waals surface area contributed by atoms with Crippen molar-refractivity contribution in [2.45, 2.75) is 0 Å². The van der Waals surface area contributed by atoms with Gasteiger partial charge in [-0.05, 0) is 35.9 Å². The zero-order valence-corrected chi connectivity index (χ0v) is 11.3. The Balaban J connectivity index is 2.18. The molecule has 0 heterocycles. The van der Waals surface area contributed by atoms with Crippen LogP contribution in [0.1, 0.15) is 15.9 Å². The molecular formula is C15H10Cl2O2. The Bertz CT molecular complexity index is 648. The van der Waals surface area contributed by atoms with Crippen molar-refractivity contribution < 1.29 is 9.90 Å². The molecule has 0 bridgehead atoms. The van der Waals surface area contributed by atoms with E-state index in [1.54, 1.807) is 42.5 Å². The normalized spacial score (nSPS) is 10.8.